The molecule has 1 aromatic carbocycles. The summed E-state index contributed by atoms with van der Waals surface area (Å²) in [6.45, 7) is -0.0677. The van der Waals surface area contributed by atoms with Gasteiger partial charge in [0.25, 0.3) is 0 Å². The minimum absolute atomic E-state index is 0.0677. The molecule has 37 heavy (non-hydrogen) atoms. The largest absolute Gasteiger partial charge is 0.375 e. The summed E-state index contributed by atoms with van der Waals surface area (Å²) in [6, 6.07) is 18.3. The number of thiocarbonyl (C=S) groups is 1. The number of nitrogens with one attached hydrogen (secondary N) is 2. The SMILES string of the molecule is COCC(=O)Nc1ccc(N2C(=S)N[C@H](c3ccccn3)[C@@H]2c2cccn2-c2ccc(Cl)cn2)cc1Cl. The first-order chi connectivity index (χ1) is 18.0. The van der Waals surface area contributed by atoms with Gasteiger partial charge in [0.1, 0.15) is 18.5 Å². The van der Waals surface area contributed by atoms with Crippen LogP contribution in [0.2, 0.25) is 10.0 Å². The van der Waals surface area contributed by atoms with Crippen LogP contribution in [0, 0.1) is 0 Å². The summed E-state index contributed by atoms with van der Waals surface area (Å²) in [7, 11) is 1.46. The fourth-order valence-electron chi connectivity index (χ4n) is 4.36. The fraction of sp³-hybridized carbons (Fsp3) is 0.154. The fourth-order valence-corrected chi connectivity index (χ4v) is 5.04. The number of methoxy groups -OCH3 is 1. The molecule has 0 bridgehead atoms. The molecule has 3 aromatic heterocycles. The molecule has 0 saturated carbocycles. The van der Waals surface area contributed by atoms with Gasteiger partial charge in [0.2, 0.25) is 5.91 Å². The number of carbonyl (C=O) groups is 1. The van der Waals surface area contributed by atoms with Crippen molar-refractivity contribution >= 4 is 57.8 Å². The number of halogens is 2. The van der Waals surface area contributed by atoms with Crippen molar-refractivity contribution in [3.63, 3.8) is 0 Å². The van der Waals surface area contributed by atoms with Crippen LogP contribution >= 0.6 is 35.4 Å². The van der Waals surface area contributed by atoms with E-state index in [1.54, 1.807) is 30.6 Å². The Bertz CT molecular complexity index is 1430. The second kappa shape index (κ2) is 10.9. The van der Waals surface area contributed by atoms with Crippen LogP contribution in [0.5, 0.6) is 0 Å². The number of ether oxygens (including phenoxy) is 1. The summed E-state index contributed by atoms with van der Waals surface area (Å²) >= 11 is 18.5. The van der Waals surface area contributed by atoms with Crippen molar-refractivity contribution in [1.82, 2.24) is 19.9 Å². The van der Waals surface area contributed by atoms with Gasteiger partial charge in [-0.15, -0.1) is 0 Å². The van der Waals surface area contributed by atoms with Gasteiger partial charge in [0.05, 0.1) is 27.5 Å². The maximum Gasteiger partial charge on any atom is 0.250 e. The second-order valence-electron chi connectivity index (χ2n) is 8.28. The average Bonchev–Trinajstić information content (AvgIpc) is 3.51. The van der Waals surface area contributed by atoms with Crippen molar-refractivity contribution in [3.05, 3.63) is 101 Å². The molecule has 2 atom stereocenters. The van der Waals surface area contributed by atoms with E-state index in [2.05, 4.69) is 20.6 Å². The van der Waals surface area contributed by atoms with Crippen LogP contribution in [0.3, 0.4) is 0 Å². The number of hydrogen-bond acceptors (Lipinski definition) is 5. The first-order valence-corrected chi connectivity index (χ1v) is 12.5. The average molecular weight is 553 g/mol. The molecular formula is C26H22Cl2N6O2S. The highest BCUT2D eigenvalue weighted by molar-refractivity contribution is 7.80. The predicted molar refractivity (Wildman–Crippen MR) is 148 cm³/mol. The highest BCUT2D eigenvalue weighted by atomic mass is 35.5. The summed E-state index contributed by atoms with van der Waals surface area (Å²) in [5.41, 5.74) is 3.01. The number of rotatable bonds is 7. The van der Waals surface area contributed by atoms with Gasteiger partial charge in [0, 0.05) is 37.1 Å². The molecule has 4 heterocycles. The third kappa shape index (κ3) is 5.17. The van der Waals surface area contributed by atoms with Gasteiger partial charge in [-0.2, -0.15) is 0 Å². The number of carbonyl (C=O) groups excluding carboxylic acids is 1. The molecule has 4 aromatic rings. The highest BCUT2D eigenvalue weighted by Gasteiger charge is 2.42. The molecule has 1 aliphatic rings. The van der Waals surface area contributed by atoms with Crippen LogP contribution in [0.4, 0.5) is 11.4 Å². The Morgan fingerprint density at radius 3 is 2.70 bits per heavy atom. The Hall–Kier alpha value is -3.50. The molecular weight excluding hydrogens is 531 g/mol. The molecule has 0 unspecified atom stereocenters. The van der Waals surface area contributed by atoms with Gasteiger partial charge >= 0.3 is 0 Å². The van der Waals surface area contributed by atoms with E-state index in [1.807, 2.05) is 58.1 Å². The molecule has 1 saturated heterocycles. The third-order valence-corrected chi connectivity index (χ3v) is 6.77. The molecule has 0 radical (unpaired) electrons. The van der Waals surface area contributed by atoms with Gasteiger partial charge in [-0.1, -0.05) is 29.3 Å². The van der Waals surface area contributed by atoms with E-state index in [1.165, 1.54) is 7.11 Å². The zero-order valence-electron chi connectivity index (χ0n) is 19.6. The number of nitrogens with zero attached hydrogens (tertiary/aromatic N) is 4. The highest BCUT2D eigenvalue weighted by Crippen LogP contribution is 2.43. The van der Waals surface area contributed by atoms with E-state index in [0.29, 0.717) is 20.8 Å². The van der Waals surface area contributed by atoms with E-state index in [-0.39, 0.29) is 24.6 Å². The summed E-state index contributed by atoms with van der Waals surface area (Å²) in [4.78, 5) is 23.1. The summed E-state index contributed by atoms with van der Waals surface area (Å²) in [5, 5.41) is 7.64. The lowest BCUT2D eigenvalue weighted by molar-refractivity contribution is -0.119. The number of anilines is 2. The Morgan fingerprint density at radius 1 is 1.14 bits per heavy atom. The van der Waals surface area contributed by atoms with E-state index in [4.69, 9.17) is 40.2 Å². The maximum atomic E-state index is 12.0. The summed E-state index contributed by atoms with van der Waals surface area (Å²) < 4.78 is 6.89. The monoisotopic (exact) mass is 552 g/mol. The molecule has 1 fully saturated rings. The Morgan fingerprint density at radius 2 is 2.00 bits per heavy atom. The lowest BCUT2D eigenvalue weighted by atomic mass is 10.0. The zero-order valence-corrected chi connectivity index (χ0v) is 22.0. The molecule has 2 N–H and O–H groups in total. The van der Waals surface area contributed by atoms with E-state index in [9.17, 15) is 4.79 Å². The van der Waals surface area contributed by atoms with Gasteiger partial charge < -0.3 is 24.8 Å². The maximum absolute atomic E-state index is 12.0. The topological polar surface area (TPSA) is 84.3 Å². The number of amides is 1. The minimum Gasteiger partial charge on any atom is -0.375 e. The first-order valence-electron chi connectivity index (χ1n) is 11.3. The molecule has 0 aliphatic carbocycles. The van der Waals surface area contributed by atoms with E-state index in [0.717, 1.165) is 22.9 Å². The second-order valence-corrected chi connectivity index (χ2v) is 9.51. The quantitative estimate of drug-likeness (QED) is 0.299. The van der Waals surface area contributed by atoms with Crippen molar-refractivity contribution in [2.45, 2.75) is 12.1 Å². The van der Waals surface area contributed by atoms with Crippen molar-refractivity contribution in [1.29, 1.82) is 0 Å². The van der Waals surface area contributed by atoms with Gasteiger partial charge in [-0.25, -0.2) is 4.98 Å². The van der Waals surface area contributed by atoms with Crippen LogP contribution in [-0.2, 0) is 9.53 Å². The lowest BCUT2D eigenvalue weighted by Crippen LogP contribution is -2.30. The first kappa shape index (κ1) is 25.2. The molecule has 1 aliphatic heterocycles. The number of hydrogen-bond donors (Lipinski definition) is 2. The van der Waals surface area contributed by atoms with Gasteiger partial charge in [-0.3, -0.25) is 9.78 Å². The van der Waals surface area contributed by atoms with Crippen molar-refractivity contribution in [2.24, 2.45) is 0 Å². The zero-order chi connectivity index (χ0) is 25.9. The third-order valence-electron chi connectivity index (χ3n) is 5.92. The van der Waals surface area contributed by atoms with Gasteiger partial charge in [0.15, 0.2) is 5.11 Å². The molecule has 188 valence electrons. The Labute approximate surface area is 229 Å². The minimum atomic E-state index is -0.295. The molecule has 11 heteroatoms. The van der Waals surface area contributed by atoms with Gasteiger partial charge in [-0.05, 0) is 66.8 Å². The van der Waals surface area contributed by atoms with Crippen LogP contribution in [0.25, 0.3) is 5.82 Å². The summed E-state index contributed by atoms with van der Waals surface area (Å²) in [5.74, 6) is 0.424. The van der Waals surface area contributed by atoms with E-state index < -0.39 is 0 Å². The number of aromatic nitrogens is 3. The molecule has 1 amide bonds. The van der Waals surface area contributed by atoms with Crippen LogP contribution in [-0.4, -0.2) is 39.3 Å². The molecule has 5 rings (SSSR count). The number of pyridine rings is 2. The van der Waals surface area contributed by atoms with Crippen LogP contribution in [0.15, 0.2) is 79.3 Å². The Kier molecular flexibility index (Phi) is 7.38. The smallest absolute Gasteiger partial charge is 0.250 e. The van der Waals surface area contributed by atoms with Crippen molar-refractivity contribution in [3.8, 4) is 5.82 Å². The molecule has 0 spiro atoms. The van der Waals surface area contributed by atoms with Crippen LogP contribution in [0.1, 0.15) is 23.5 Å². The van der Waals surface area contributed by atoms with Crippen LogP contribution < -0.4 is 15.5 Å². The molecule has 8 nitrogen and oxygen atoms in total. The normalized spacial score (nSPS) is 17.1. The standard InChI is InChI=1S/C26H22Cl2N6O2S/c1-36-15-23(35)31-19-9-8-17(13-18(19)28)34-25(24(32-26(34)37)20-5-2-3-11-29-20)21-6-4-12-33(21)22-10-7-16(27)14-30-22/h2-14,24-25H,15H2,1H3,(H,31,35)(H,32,37)/t24-,25+/m1/s1. The van der Waals surface area contributed by atoms with Crippen molar-refractivity contribution in [2.75, 3.05) is 23.9 Å². The summed E-state index contributed by atoms with van der Waals surface area (Å²) in [6.07, 6.45) is 5.32. The number of benzene rings is 1. The Balaban J connectivity index is 1.58. The lowest BCUT2D eigenvalue weighted by Gasteiger charge is -2.29. The van der Waals surface area contributed by atoms with Crippen molar-refractivity contribution < 1.29 is 9.53 Å². The van der Waals surface area contributed by atoms with E-state index >= 15 is 0 Å². The predicted octanol–water partition coefficient (Wildman–Crippen LogP) is 5.34.